The molecular weight excluding hydrogens is 512 g/mol. The van der Waals surface area contributed by atoms with Crippen molar-refractivity contribution < 1.29 is 22.4 Å². The van der Waals surface area contributed by atoms with Crippen LogP contribution in [0.2, 0.25) is 0 Å². The van der Waals surface area contributed by atoms with Crippen molar-refractivity contribution in [2.24, 2.45) is 0 Å². The lowest BCUT2D eigenvalue weighted by Crippen LogP contribution is -2.41. The van der Waals surface area contributed by atoms with Gasteiger partial charge in [0, 0.05) is 15.6 Å². The maximum atomic E-state index is 12.4. The third kappa shape index (κ3) is 5.11. The fourth-order valence-electron chi connectivity index (χ4n) is 2.91. The number of halogens is 1. The molecule has 0 spiro atoms. The molecule has 0 aliphatic rings. The SMILES string of the molecule is COc1ccccc1-c1nnc(-c2ccc(C(=O)NNS(=O)(=O)c3cccc(Br)c3)cc2)o1. The van der Waals surface area contributed by atoms with Gasteiger partial charge in [0.15, 0.2) is 0 Å². The lowest BCUT2D eigenvalue weighted by Gasteiger charge is -2.09. The number of aromatic nitrogens is 2. The van der Waals surface area contributed by atoms with Gasteiger partial charge in [-0.2, -0.15) is 0 Å². The van der Waals surface area contributed by atoms with Crippen molar-refractivity contribution in [1.29, 1.82) is 0 Å². The molecule has 0 saturated heterocycles. The molecule has 0 saturated carbocycles. The number of hydrogen-bond donors (Lipinski definition) is 2. The van der Waals surface area contributed by atoms with Crippen LogP contribution in [0.4, 0.5) is 0 Å². The normalized spacial score (nSPS) is 11.2. The summed E-state index contributed by atoms with van der Waals surface area (Å²) in [6.45, 7) is 0. The van der Waals surface area contributed by atoms with Crippen LogP contribution < -0.4 is 15.0 Å². The molecule has 0 aliphatic heterocycles. The van der Waals surface area contributed by atoms with E-state index in [1.54, 1.807) is 43.5 Å². The van der Waals surface area contributed by atoms with Gasteiger partial charge in [-0.25, -0.2) is 8.42 Å². The Bertz CT molecular complexity index is 1400. The molecule has 2 N–H and O–H groups in total. The van der Waals surface area contributed by atoms with E-state index in [4.69, 9.17) is 9.15 Å². The van der Waals surface area contributed by atoms with Crippen LogP contribution in [0, 0.1) is 0 Å². The van der Waals surface area contributed by atoms with E-state index in [0.29, 0.717) is 27.2 Å². The molecule has 0 aliphatic carbocycles. The van der Waals surface area contributed by atoms with Crippen LogP contribution in [0.3, 0.4) is 0 Å². The highest BCUT2D eigenvalue weighted by Gasteiger charge is 2.17. The van der Waals surface area contributed by atoms with Gasteiger partial charge in [-0.15, -0.1) is 15.0 Å². The first-order chi connectivity index (χ1) is 15.9. The fraction of sp³-hybridized carbons (Fsp3) is 0.0455. The largest absolute Gasteiger partial charge is 0.496 e. The molecular formula is C22H17BrN4O5S. The Labute approximate surface area is 198 Å². The zero-order valence-electron chi connectivity index (χ0n) is 17.2. The zero-order valence-corrected chi connectivity index (χ0v) is 19.6. The Morgan fingerprint density at radius 2 is 1.70 bits per heavy atom. The van der Waals surface area contributed by atoms with Crippen molar-refractivity contribution in [3.8, 4) is 28.7 Å². The number of sulfonamides is 1. The first-order valence-corrected chi connectivity index (χ1v) is 11.8. The van der Waals surface area contributed by atoms with Crippen molar-refractivity contribution in [3.63, 3.8) is 0 Å². The van der Waals surface area contributed by atoms with Gasteiger partial charge in [-0.1, -0.05) is 34.1 Å². The van der Waals surface area contributed by atoms with Gasteiger partial charge in [0.25, 0.3) is 21.8 Å². The summed E-state index contributed by atoms with van der Waals surface area (Å²) in [6, 6.07) is 19.7. The number of ether oxygens (including phenoxy) is 1. The minimum atomic E-state index is -3.92. The molecule has 9 nitrogen and oxygen atoms in total. The molecule has 33 heavy (non-hydrogen) atoms. The number of hydrogen-bond acceptors (Lipinski definition) is 7. The summed E-state index contributed by atoms with van der Waals surface area (Å²) < 4.78 is 36.3. The molecule has 11 heteroatoms. The Morgan fingerprint density at radius 3 is 2.42 bits per heavy atom. The number of methoxy groups -OCH3 is 1. The van der Waals surface area contributed by atoms with Gasteiger partial charge in [0.2, 0.25) is 5.89 Å². The highest BCUT2D eigenvalue weighted by atomic mass is 79.9. The first-order valence-electron chi connectivity index (χ1n) is 9.52. The minimum Gasteiger partial charge on any atom is -0.496 e. The van der Waals surface area contributed by atoms with Crippen LogP contribution >= 0.6 is 15.9 Å². The Balaban J connectivity index is 1.45. The molecule has 1 heterocycles. The predicted octanol–water partition coefficient (Wildman–Crippen LogP) is 3.80. The number of benzene rings is 3. The van der Waals surface area contributed by atoms with E-state index in [9.17, 15) is 13.2 Å². The van der Waals surface area contributed by atoms with Crippen LogP contribution in [0.5, 0.6) is 5.75 Å². The summed E-state index contributed by atoms with van der Waals surface area (Å²) in [5, 5.41) is 8.12. The van der Waals surface area contributed by atoms with E-state index in [2.05, 4.69) is 36.4 Å². The summed E-state index contributed by atoms with van der Waals surface area (Å²) in [7, 11) is -2.37. The number of amides is 1. The van der Waals surface area contributed by atoms with Crippen LogP contribution in [0.25, 0.3) is 22.9 Å². The third-order valence-corrected chi connectivity index (χ3v) is 6.30. The van der Waals surface area contributed by atoms with Crippen molar-refractivity contribution in [1.82, 2.24) is 20.5 Å². The number of carbonyl (C=O) groups excluding carboxylic acids is 1. The number of hydrazine groups is 1. The second-order valence-corrected chi connectivity index (χ2v) is 9.31. The van der Waals surface area contributed by atoms with E-state index in [1.165, 1.54) is 24.3 Å². The van der Waals surface area contributed by atoms with Crippen LogP contribution in [-0.4, -0.2) is 31.6 Å². The minimum absolute atomic E-state index is 0.00904. The van der Waals surface area contributed by atoms with Crippen molar-refractivity contribution in [2.75, 3.05) is 7.11 Å². The monoisotopic (exact) mass is 528 g/mol. The zero-order chi connectivity index (χ0) is 23.4. The highest BCUT2D eigenvalue weighted by molar-refractivity contribution is 9.10. The Hall–Kier alpha value is -3.54. The Morgan fingerprint density at radius 1 is 0.970 bits per heavy atom. The summed E-state index contributed by atoms with van der Waals surface area (Å²) in [4.78, 5) is 14.5. The van der Waals surface area contributed by atoms with Gasteiger partial charge >= 0.3 is 0 Å². The summed E-state index contributed by atoms with van der Waals surface area (Å²) >= 11 is 3.22. The molecule has 4 aromatic rings. The average Bonchev–Trinajstić information content (AvgIpc) is 3.33. The average molecular weight is 529 g/mol. The van der Waals surface area contributed by atoms with Gasteiger partial charge in [-0.3, -0.25) is 10.2 Å². The standard InChI is InChI=1S/C22H17BrN4O5S/c1-31-19-8-3-2-7-18(19)22-26-25-21(32-22)15-11-9-14(10-12-15)20(28)24-27-33(29,30)17-6-4-5-16(23)13-17/h2-13,27H,1H3,(H,24,28). The smallest absolute Gasteiger partial charge is 0.266 e. The van der Waals surface area contributed by atoms with Gasteiger partial charge in [0.05, 0.1) is 17.6 Å². The van der Waals surface area contributed by atoms with E-state index in [0.717, 1.165) is 0 Å². The van der Waals surface area contributed by atoms with E-state index in [-0.39, 0.29) is 16.3 Å². The van der Waals surface area contributed by atoms with Crippen LogP contribution in [-0.2, 0) is 10.0 Å². The number of nitrogens with zero attached hydrogens (tertiary/aromatic N) is 2. The quantitative estimate of drug-likeness (QED) is 0.349. The maximum Gasteiger partial charge on any atom is 0.266 e. The van der Waals surface area contributed by atoms with Crippen molar-refractivity contribution in [2.45, 2.75) is 4.90 Å². The maximum absolute atomic E-state index is 12.4. The van der Waals surface area contributed by atoms with Gasteiger partial charge in [-0.05, 0) is 54.6 Å². The van der Waals surface area contributed by atoms with E-state index in [1.807, 2.05) is 12.1 Å². The molecule has 0 fully saturated rings. The molecule has 1 aromatic heterocycles. The lowest BCUT2D eigenvalue weighted by atomic mass is 10.1. The van der Waals surface area contributed by atoms with Crippen LogP contribution in [0.15, 0.2) is 86.6 Å². The number of para-hydroxylation sites is 1. The Kier molecular flexibility index (Phi) is 6.54. The molecule has 1 amide bonds. The summed E-state index contributed by atoms with van der Waals surface area (Å²) in [5.41, 5.74) is 3.69. The van der Waals surface area contributed by atoms with E-state index >= 15 is 0 Å². The molecule has 4 rings (SSSR count). The summed E-state index contributed by atoms with van der Waals surface area (Å²) in [6.07, 6.45) is 0. The second kappa shape index (κ2) is 9.53. The first kappa shape index (κ1) is 22.6. The highest BCUT2D eigenvalue weighted by Crippen LogP contribution is 2.30. The fourth-order valence-corrected chi connectivity index (χ4v) is 4.35. The lowest BCUT2D eigenvalue weighted by molar-refractivity contribution is 0.0945. The molecule has 168 valence electrons. The van der Waals surface area contributed by atoms with Crippen molar-refractivity contribution >= 4 is 31.9 Å². The van der Waals surface area contributed by atoms with Crippen LogP contribution in [0.1, 0.15) is 10.4 Å². The van der Waals surface area contributed by atoms with Gasteiger partial charge in [0.1, 0.15) is 5.75 Å². The molecule has 0 atom stereocenters. The third-order valence-electron chi connectivity index (χ3n) is 4.56. The number of carbonyl (C=O) groups is 1. The second-order valence-electron chi connectivity index (χ2n) is 6.71. The molecule has 3 aromatic carbocycles. The van der Waals surface area contributed by atoms with E-state index < -0.39 is 15.9 Å². The van der Waals surface area contributed by atoms with Crippen molar-refractivity contribution in [3.05, 3.63) is 82.8 Å². The topological polar surface area (TPSA) is 123 Å². The predicted molar refractivity (Wildman–Crippen MR) is 124 cm³/mol. The van der Waals surface area contributed by atoms with Gasteiger partial charge < -0.3 is 9.15 Å². The number of nitrogens with one attached hydrogen (secondary N) is 2. The molecule has 0 unspecified atom stereocenters. The molecule has 0 radical (unpaired) electrons. The summed E-state index contributed by atoms with van der Waals surface area (Å²) in [5.74, 6) is 0.537. The molecule has 0 bridgehead atoms. The number of rotatable bonds is 7.